The van der Waals surface area contributed by atoms with Crippen molar-refractivity contribution in [1.29, 1.82) is 0 Å². The fourth-order valence-electron chi connectivity index (χ4n) is 4.10. The number of rotatable bonds is 5. The predicted octanol–water partition coefficient (Wildman–Crippen LogP) is 4.79. The van der Waals surface area contributed by atoms with Crippen LogP contribution in [0.25, 0.3) is 22.2 Å². The monoisotopic (exact) mass is 456 g/mol. The fourth-order valence-corrected chi connectivity index (χ4v) is 4.10. The van der Waals surface area contributed by atoms with E-state index in [0.717, 1.165) is 12.1 Å². The van der Waals surface area contributed by atoms with Crippen LogP contribution in [0.3, 0.4) is 0 Å². The third-order valence-electron chi connectivity index (χ3n) is 5.81. The Hall–Kier alpha value is -3.01. The topological polar surface area (TPSA) is 65.1 Å². The van der Waals surface area contributed by atoms with Crippen LogP contribution in [0.1, 0.15) is 24.3 Å². The summed E-state index contributed by atoms with van der Waals surface area (Å²) in [4.78, 5) is 15.1. The average molecular weight is 456 g/mol. The molecule has 1 fully saturated rings. The molecule has 1 saturated carbocycles. The van der Waals surface area contributed by atoms with Crippen LogP contribution in [0.4, 0.5) is 26.3 Å². The first-order valence-corrected chi connectivity index (χ1v) is 9.83. The number of aromatic nitrogens is 1. The SMILES string of the molecule is O=C(N[C@@H](CO)C(F)(F)F)C1CC(c2c(-c3ccc(F)cc3)[nH]c3c(F)cc(F)cc23)C1. The highest BCUT2D eigenvalue weighted by atomic mass is 19.4. The molecule has 3 aromatic rings. The number of aliphatic hydroxyl groups is 1. The van der Waals surface area contributed by atoms with Crippen LogP contribution in [0.15, 0.2) is 36.4 Å². The molecule has 4 nitrogen and oxygen atoms in total. The van der Waals surface area contributed by atoms with Crippen molar-refractivity contribution in [2.24, 2.45) is 5.92 Å². The zero-order valence-corrected chi connectivity index (χ0v) is 16.4. The Morgan fingerprint density at radius 2 is 1.75 bits per heavy atom. The zero-order chi connectivity index (χ0) is 23.2. The van der Waals surface area contributed by atoms with Crippen LogP contribution in [0.5, 0.6) is 0 Å². The van der Waals surface area contributed by atoms with Gasteiger partial charge in [0, 0.05) is 17.4 Å². The van der Waals surface area contributed by atoms with Gasteiger partial charge in [-0.2, -0.15) is 13.2 Å². The van der Waals surface area contributed by atoms with Gasteiger partial charge in [-0.3, -0.25) is 4.79 Å². The Morgan fingerprint density at radius 3 is 2.34 bits per heavy atom. The molecular formula is C22H18F6N2O2. The lowest BCUT2D eigenvalue weighted by molar-refractivity contribution is -0.170. The molecule has 3 N–H and O–H groups in total. The average Bonchev–Trinajstić information content (AvgIpc) is 3.04. The van der Waals surface area contributed by atoms with E-state index in [-0.39, 0.29) is 29.7 Å². The van der Waals surface area contributed by atoms with Gasteiger partial charge in [-0.05, 0) is 60.2 Å². The molecule has 1 aliphatic rings. The van der Waals surface area contributed by atoms with E-state index in [2.05, 4.69) is 4.98 Å². The summed E-state index contributed by atoms with van der Waals surface area (Å²) in [7, 11) is 0. The number of amides is 1. The Morgan fingerprint density at radius 1 is 1.09 bits per heavy atom. The molecule has 2 aromatic carbocycles. The molecule has 0 aliphatic heterocycles. The minimum Gasteiger partial charge on any atom is -0.394 e. The van der Waals surface area contributed by atoms with Gasteiger partial charge in [0.2, 0.25) is 5.91 Å². The molecule has 1 heterocycles. The van der Waals surface area contributed by atoms with Crippen molar-refractivity contribution in [1.82, 2.24) is 10.3 Å². The second-order valence-corrected chi connectivity index (χ2v) is 7.88. The summed E-state index contributed by atoms with van der Waals surface area (Å²) < 4.78 is 80.1. The van der Waals surface area contributed by atoms with Gasteiger partial charge in [-0.15, -0.1) is 0 Å². The summed E-state index contributed by atoms with van der Waals surface area (Å²) in [5.74, 6) is -4.06. The first-order chi connectivity index (χ1) is 15.1. The smallest absolute Gasteiger partial charge is 0.394 e. The molecule has 0 unspecified atom stereocenters. The largest absolute Gasteiger partial charge is 0.410 e. The fraction of sp³-hybridized carbons (Fsp3) is 0.318. The number of alkyl halides is 3. The van der Waals surface area contributed by atoms with Crippen molar-refractivity contribution < 1.29 is 36.2 Å². The lowest BCUT2D eigenvalue weighted by Crippen LogP contribution is -2.51. The number of fused-ring (bicyclic) bond motifs is 1. The Bertz CT molecular complexity index is 1150. The van der Waals surface area contributed by atoms with Crippen LogP contribution in [0.2, 0.25) is 0 Å². The number of aromatic amines is 1. The highest BCUT2D eigenvalue weighted by Gasteiger charge is 2.44. The molecule has 1 aliphatic carbocycles. The maximum atomic E-state index is 14.4. The lowest BCUT2D eigenvalue weighted by atomic mass is 9.69. The molecule has 0 bridgehead atoms. The molecule has 0 spiro atoms. The number of aliphatic hydroxyl groups excluding tert-OH is 1. The molecule has 32 heavy (non-hydrogen) atoms. The van der Waals surface area contributed by atoms with E-state index >= 15 is 0 Å². The third-order valence-corrected chi connectivity index (χ3v) is 5.81. The summed E-state index contributed by atoms with van der Waals surface area (Å²) >= 11 is 0. The number of hydrogen-bond acceptors (Lipinski definition) is 2. The van der Waals surface area contributed by atoms with Crippen LogP contribution in [0, 0.1) is 23.4 Å². The van der Waals surface area contributed by atoms with E-state index < -0.39 is 48.1 Å². The number of H-pyrrole nitrogens is 1. The van der Waals surface area contributed by atoms with E-state index in [0.29, 0.717) is 16.8 Å². The van der Waals surface area contributed by atoms with Gasteiger partial charge >= 0.3 is 6.18 Å². The molecule has 0 saturated heterocycles. The highest BCUT2D eigenvalue weighted by molar-refractivity contribution is 5.92. The number of halogens is 6. The molecule has 1 aromatic heterocycles. The van der Waals surface area contributed by atoms with Gasteiger partial charge in [0.05, 0.1) is 17.8 Å². The number of hydrogen-bond donors (Lipinski definition) is 3. The van der Waals surface area contributed by atoms with E-state index in [1.165, 1.54) is 24.3 Å². The van der Waals surface area contributed by atoms with Crippen molar-refractivity contribution in [3.8, 4) is 11.3 Å². The van der Waals surface area contributed by atoms with Crippen molar-refractivity contribution in [2.45, 2.75) is 31.0 Å². The Kier molecular flexibility index (Phi) is 5.66. The molecule has 170 valence electrons. The van der Waals surface area contributed by atoms with Gasteiger partial charge < -0.3 is 15.4 Å². The molecular weight excluding hydrogens is 438 g/mol. The van der Waals surface area contributed by atoms with Gasteiger partial charge in [0.1, 0.15) is 23.5 Å². The minimum absolute atomic E-state index is 0.0473. The van der Waals surface area contributed by atoms with E-state index in [1.807, 2.05) is 0 Å². The quantitative estimate of drug-likeness (QED) is 0.484. The molecule has 1 amide bonds. The van der Waals surface area contributed by atoms with Crippen LogP contribution in [-0.4, -0.2) is 34.8 Å². The summed E-state index contributed by atoms with van der Waals surface area (Å²) in [5.41, 5.74) is 1.51. The van der Waals surface area contributed by atoms with Crippen LogP contribution < -0.4 is 5.32 Å². The Labute approximate surface area is 178 Å². The van der Waals surface area contributed by atoms with Crippen molar-refractivity contribution in [3.05, 3.63) is 59.4 Å². The maximum Gasteiger partial charge on any atom is 0.410 e. The standard InChI is InChI=1S/C22H18F6N2O2/c23-13-3-1-10(2-4-13)19-18(15-7-14(24)8-16(25)20(15)30-19)11-5-12(6-11)21(32)29-17(9-31)22(26,27)28/h1-4,7-8,11-12,17,30-31H,5-6,9H2,(H,29,32)/t11?,12?,17-/m0/s1. The molecule has 10 heteroatoms. The van der Waals surface area contributed by atoms with Gasteiger partial charge in [0.15, 0.2) is 0 Å². The van der Waals surface area contributed by atoms with Crippen LogP contribution in [-0.2, 0) is 4.79 Å². The lowest BCUT2D eigenvalue weighted by Gasteiger charge is -2.36. The molecule has 1 atom stereocenters. The van der Waals surface area contributed by atoms with Crippen molar-refractivity contribution >= 4 is 16.8 Å². The van der Waals surface area contributed by atoms with Crippen molar-refractivity contribution in [2.75, 3.05) is 6.61 Å². The third kappa shape index (κ3) is 4.06. The number of nitrogens with one attached hydrogen (secondary N) is 2. The number of carbonyl (C=O) groups excluding carboxylic acids is 1. The summed E-state index contributed by atoms with van der Waals surface area (Å²) in [5, 5.41) is 11.0. The molecule has 0 radical (unpaired) electrons. The maximum absolute atomic E-state index is 14.4. The first-order valence-electron chi connectivity index (χ1n) is 9.83. The van der Waals surface area contributed by atoms with E-state index in [1.54, 1.807) is 5.32 Å². The normalized spacial score (nSPS) is 19.6. The zero-order valence-electron chi connectivity index (χ0n) is 16.4. The molecule has 4 rings (SSSR count). The predicted molar refractivity (Wildman–Crippen MR) is 104 cm³/mol. The van der Waals surface area contributed by atoms with Gasteiger partial charge in [-0.1, -0.05) is 0 Å². The minimum atomic E-state index is -4.78. The second kappa shape index (κ2) is 8.16. The first kappa shape index (κ1) is 22.2. The number of benzene rings is 2. The Balaban J connectivity index is 1.64. The van der Waals surface area contributed by atoms with Crippen LogP contribution >= 0.6 is 0 Å². The summed E-state index contributed by atoms with van der Waals surface area (Å²) in [6, 6.07) is 4.87. The van der Waals surface area contributed by atoms with E-state index in [4.69, 9.17) is 5.11 Å². The van der Waals surface area contributed by atoms with E-state index in [9.17, 15) is 31.1 Å². The van der Waals surface area contributed by atoms with Crippen molar-refractivity contribution in [3.63, 3.8) is 0 Å². The summed E-state index contributed by atoms with van der Waals surface area (Å²) in [6.07, 6.45) is -4.47. The highest BCUT2D eigenvalue weighted by Crippen LogP contribution is 2.48. The second-order valence-electron chi connectivity index (χ2n) is 7.88. The van der Waals surface area contributed by atoms with Gasteiger partial charge in [-0.25, -0.2) is 13.2 Å². The number of carbonyl (C=O) groups is 1. The van der Waals surface area contributed by atoms with Gasteiger partial charge in [0.25, 0.3) is 0 Å². The summed E-state index contributed by atoms with van der Waals surface area (Å²) in [6.45, 7) is -1.28.